The third-order valence-electron chi connectivity index (χ3n) is 1.61. The fourth-order valence-electron chi connectivity index (χ4n) is 1.00. The molecule has 1 nitrogen and oxygen atoms in total. The minimum absolute atomic E-state index is 1.03. The molecular weight excluding hydrogens is 170 g/mol. The van der Waals surface area contributed by atoms with Gasteiger partial charge in [0, 0.05) is 6.20 Å². The standard InChI is InChI=1S/C11H13N.C2H6/c1-3-9-12-11-8-6-5-7-10(11)4-2;1-2/h3-9H,1-2H3;1-2H3/b9-3-,10-4+,12-11+;. The summed E-state index contributed by atoms with van der Waals surface area (Å²) in [5.74, 6) is 0. The van der Waals surface area contributed by atoms with Crippen LogP contribution in [0.5, 0.6) is 0 Å². The molecule has 0 bridgehead atoms. The van der Waals surface area contributed by atoms with E-state index in [-0.39, 0.29) is 0 Å². The Bertz CT molecular complexity index is 288. The number of rotatable bonds is 1. The number of hydrogen-bond donors (Lipinski definition) is 0. The van der Waals surface area contributed by atoms with Crippen LogP contribution in [-0.4, -0.2) is 5.71 Å². The minimum Gasteiger partial charge on any atom is -0.257 e. The zero-order valence-corrected chi connectivity index (χ0v) is 9.49. The van der Waals surface area contributed by atoms with Gasteiger partial charge in [-0.05, 0) is 25.5 Å². The van der Waals surface area contributed by atoms with Gasteiger partial charge in [0.15, 0.2) is 0 Å². The lowest BCUT2D eigenvalue weighted by molar-refractivity contribution is 1.49. The topological polar surface area (TPSA) is 12.4 Å². The van der Waals surface area contributed by atoms with E-state index in [2.05, 4.69) is 17.1 Å². The fourth-order valence-corrected chi connectivity index (χ4v) is 1.00. The SMILES string of the molecule is CC.C\C=C/N=C1\C=CC=C\C1=C/C. The van der Waals surface area contributed by atoms with Crippen LogP contribution in [-0.2, 0) is 0 Å². The molecule has 76 valence electrons. The lowest BCUT2D eigenvalue weighted by Gasteiger charge is -2.03. The number of allylic oxidation sites excluding steroid dienone is 7. The average molecular weight is 189 g/mol. The molecule has 0 spiro atoms. The quantitative estimate of drug-likeness (QED) is 0.590. The molecule has 0 atom stereocenters. The molecule has 0 aromatic heterocycles. The van der Waals surface area contributed by atoms with E-state index in [4.69, 9.17) is 0 Å². The van der Waals surface area contributed by atoms with Crippen molar-refractivity contribution in [2.75, 3.05) is 0 Å². The summed E-state index contributed by atoms with van der Waals surface area (Å²) in [4.78, 5) is 4.28. The molecule has 0 unspecified atom stereocenters. The molecule has 0 radical (unpaired) electrons. The van der Waals surface area contributed by atoms with Crippen LogP contribution in [0, 0.1) is 0 Å². The maximum Gasteiger partial charge on any atom is 0.0698 e. The van der Waals surface area contributed by atoms with Gasteiger partial charge in [-0.2, -0.15) is 0 Å². The van der Waals surface area contributed by atoms with E-state index in [1.807, 2.05) is 58.2 Å². The third-order valence-corrected chi connectivity index (χ3v) is 1.61. The third kappa shape index (κ3) is 4.04. The molecule has 14 heavy (non-hydrogen) atoms. The Hall–Kier alpha value is -1.37. The van der Waals surface area contributed by atoms with Gasteiger partial charge < -0.3 is 0 Å². The summed E-state index contributed by atoms with van der Waals surface area (Å²) in [5, 5.41) is 0. The maximum atomic E-state index is 4.28. The molecule has 0 amide bonds. The van der Waals surface area contributed by atoms with Crippen molar-refractivity contribution in [1.82, 2.24) is 0 Å². The Balaban J connectivity index is 0.000000791. The molecule has 1 aliphatic carbocycles. The first kappa shape index (κ1) is 12.6. The highest BCUT2D eigenvalue weighted by Gasteiger charge is 1.99. The Morgan fingerprint density at radius 1 is 1.07 bits per heavy atom. The first-order chi connectivity index (χ1) is 6.88. The fraction of sp³-hybridized carbons (Fsp3) is 0.308. The molecule has 0 aromatic carbocycles. The van der Waals surface area contributed by atoms with Crippen molar-refractivity contribution < 1.29 is 0 Å². The summed E-state index contributed by atoms with van der Waals surface area (Å²) in [5.41, 5.74) is 2.20. The van der Waals surface area contributed by atoms with Gasteiger partial charge in [0.25, 0.3) is 0 Å². The Labute approximate surface area is 87.3 Å². The molecule has 0 fully saturated rings. The van der Waals surface area contributed by atoms with E-state index in [0.717, 1.165) is 5.71 Å². The molecule has 0 saturated heterocycles. The van der Waals surface area contributed by atoms with Crippen molar-refractivity contribution >= 4 is 5.71 Å². The molecule has 1 aliphatic rings. The van der Waals surface area contributed by atoms with Crippen molar-refractivity contribution in [3.8, 4) is 0 Å². The average Bonchev–Trinajstić information content (AvgIpc) is 2.29. The number of hydrogen-bond acceptors (Lipinski definition) is 1. The zero-order valence-electron chi connectivity index (χ0n) is 9.49. The highest BCUT2D eigenvalue weighted by atomic mass is 14.7. The number of nitrogens with zero attached hydrogens (tertiary/aromatic N) is 1. The molecule has 0 aliphatic heterocycles. The second-order valence-electron chi connectivity index (χ2n) is 2.46. The van der Waals surface area contributed by atoms with Crippen LogP contribution < -0.4 is 0 Å². The van der Waals surface area contributed by atoms with Crippen LogP contribution in [0.4, 0.5) is 0 Å². The predicted octanol–water partition coefficient (Wildman–Crippen LogP) is 4.06. The van der Waals surface area contributed by atoms with Crippen LogP contribution in [0.25, 0.3) is 0 Å². The summed E-state index contributed by atoms with van der Waals surface area (Å²) in [7, 11) is 0. The Kier molecular flexibility index (Phi) is 7.43. The molecule has 1 heteroatoms. The van der Waals surface area contributed by atoms with E-state index in [0.29, 0.717) is 0 Å². The maximum absolute atomic E-state index is 4.28. The van der Waals surface area contributed by atoms with Crippen LogP contribution in [0.15, 0.2) is 53.2 Å². The first-order valence-electron chi connectivity index (χ1n) is 5.09. The van der Waals surface area contributed by atoms with E-state index in [9.17, 15) is 0 Å². The van der Waals surface area contributed by atoms with Crippen molar-refractivity contribution in [2.24, 2.45) is 4.99 Å². The minimum atomic E-state index is 1.03. The van der Waals surface area contributed by atoms with E-state index >= 15 is 0 Å². The van der Waals surface area contributed by atoms with Crippen LogP contribution >= 0.6 is 0 Å². The summed E-state index contributed by atoms with van der Waals surface area (Å²) >= 11 is 0. The van der Waals surface area contributed by atoms with Crippen LogP contribution in [0.3, 0.4) is 0 Å². The van der Waals surface area contributed by atoms with E-state index in [1.54, 1.807) is 0 Å². The molecule has 0 aromatic rings. The second kappa shape index (κ2) is 8.24. The van der Waals surface area contributed by atoms with Gasteiger partial charge in [-0.15, -0.1) is 0 Å². The van der Waals surface area contributed by atoms with Gasteiger partial charge in [-0.25, -0.2) is 0 Å². The lowest BCUT2D eigenvalue weighted by atomic mass is 10.1. The highest BCUT2D eigenvalue weighted by Crippen LogP contribution is 2.07. The van der Waals surface area contributed by atoms with Gasteiger partial charge in [0.05, 0.1) is 5.71 Å². The monoisotopic (exact) mass is 189 g/mol. The van der Waals surface area contributed by atoms with Gasteiger partial charge >= 0.3 is 0 Å². The highest BCUT2D eigenvalue weighted by molar-refractivity contribution is 6.11. The molecular formula is C13H19N. The first-order valence-corrected chi connectivity index (χ1v) is 5.09. The van der Waals surface area contributed by atoms with E-state index < -0.39 is 0 Å². The van der Waals surface area contributed by atoms with Gasteiger partial charge in [0.1, 0.15) is 0 Å². The van der Waals surface area contributed by atoms with Crippen molar-refractivity contribution in [3.05, 3.63) is 48.2 Å². The Morgan fingerprint density at radius 3 is 2.29 bits per heavy atom. The van der Waals surface area contributed by atoms with Gasteiger partial charge in [0.2, 0.25) is 0 Å². The molecule has 0 N–H and O–H groups in total. The predicted molar refractivity (Wildman–Crippen MR) is 65.6 cm³/mol. The Morgan fingerprint density at radius 2 is 1.71 bits per heavy atom. The smallest absolute Gasteiger partial charge is 0.0698 e. The molecule has 1 rings (SSSR count). The summed E-state index contributed by atoms with van der Waals surface area (Å²) in [6.45, 7) is 7.98. The van der Waals surface area contributed by atoms with Crippen LogP contribution in [0.2, 0.25) is 0 Å². The second-order valence-corrected chi connectivity index (χ2v) is 2.46. The summed E-state index contributed by atoms with van der Waals surface area (Å²) < 4.78 is 0. The normalized spacial score (nSPS) is 20.3. The largest absolute Gasteiger partial charge is 0.257 e. The molecule has 0 saturated carbocycles. The van der Waals surface area contributed by atoms with E-state index in [1.165, 1.54) is 5.57 Å². The summed E-state index contributed by atoms with van der Waals surface area (Å²) in [6, 6.07) is 0. The number of aliphatic imine (C=N–C) groups is 1. The van der Waals surface area contributed by atoms with Crippen molar-refractivity contribution in [3.63, 3.8) is 0 Å². The summed E-state index contributed by atoms with van der Waals surface area (Å²) in [6.07, 6.45) is 13.9. The van der Waals surface area contributed by atoms with Gasteiger partial charge in [-0.3, -0.25) is 4.99 Å². The lowest BCUT2D eigenvalue weighted by Crippen LogP contribution is -1.98. The van der Waals surface area contributed by atoms with Gasteiger partial charge in [-0.1, -0.05) is 44.2 Å². The van der Waals surface area contributed by atoms with Crippen LogP contribution in [0.1, 0.15) is 27.7 Å². The molecule has 0 heterocycles. The zero-order chi connectivity index (χ0) is 10.8. The van der Waals surface area contributed by atoms with Crippen molar-refractivity contribution in [2.45, 2.75) is 27.7 Å². The van der Waals surface area contributed by atoms with Crippen molar-refractivity contribution in [1.29, 1.82) is 0 Å².